The molecule has 0 aliphatic heterocycles. The van der Waals surface area contributed by atoms with Crippen molar-refractivity contribution in [2.24, 2.45) is 0 Å². The SMILES string of the molecule is O=c1c2cc(I)ccc2nc(C=Cc2ccc(Cl)cc2Cl)n1-c1ccc(Br)cc1. The number of aromatic nitrogens is 2. The van der Waals surface area contributed by atoms with Gasteiger partial charge in [-0.3, -0.25) is 9.36 Å². The Bertz CT molecular complexity index is 1320. The number of hydrogen-bond acceptors (Lipinski definition) is 2. The van der Waals surface area contributed by atoms with Crippen LogP contribution in [0, 0.1) is 3.57 Å². The summed E-state index contributed by atoms with van der Waals surface area (Å²) < 4.78 is 3.51. The normalized spacial score (nSPS) is 11.4. The monoisotopic (exact) mass is 596 g/mol. The van der Waals surface area contributed by atoms with Gasteiger partial charge in [0, 0.05) is 18.1 Å². The zero-order valence-corrected chi connectivity index (χ0v) is 20.0. The Kier molecular flexibility index (Phi) is 6.11. The van der Waals surface area contributed by atoms with Gasteiger partial charge in [0.15, 0.2) is 0 Å². The number of halogens is 4. The number of nitrogens with zero attached hydrogens (tertiary/aromatic N) is 2. The number of rotatable bonds is 3. The van der Waals surface area contributed by atoms with Crippen LogP contribution < -0.4 is 5.56 Å². The molecule has 0 unspecified atom stereocenters. The second kappa shape index (κ2) is 8.60. The summed E-state index contributed by atoms with van der Waals surface area (Å²) in [6.07, 6.45) is 3.62. The van der Waals surface area contributed by atoms with Crippen LogP contribution in [-0.2, 0) is 0 Å². The first-order chi connectivity index (χ1) is 13.9. The molecule has 0 atom stereocenters. The summed E-state index contributed by atoms with van der Waals surface area (Å²) in [7, 11) is 0. The third-order valence-corrected chi connectivity index (χ3v) is 6.08. The molecule has 3 aromatic carbocycles. The molecule has 3 nitrogen and oxygen atoms in total. The lowest BCUT2D eigenvalue weighted by atomic mass is 10.2. The molecular weight excluding hydrogens is 586 g/mol. The van der Waals surface area contributed by atoms with Gasteiger partial charge in [0.2, 0.25) is 0 Å². The van der Waals surface area contributed by atoms with Crippen molar-refractivity contribution in [3.05, 3.63) is 100 Å². The molecule has 1 aromatic heterocycles. The lowest BCUT2D eigenvalue weighted by Crippen LogP contribution is -2.22. The molecule has 0 spiro atoms. The molecule has 0 bridgehead atoms. The molecule has 0 saturated carbocycles. The molecule has 7 heteroatoms. The minimum atomic E-state index is -0.127. The smallest absolute Gasteiger partial charge is 0.266 e. The molecule has 144 valence electrons. The van der Waals surface area contributed by atoms with Gasteiger partial charge in [0.05, 0.1) is 16.6 Å². The first kappa shape index (κ1) is 20.6. The number of hydrogen-bond donors (Lipinski definition) is 0. The molecule has 1 heterocycles. The highest BCUT2D eigenvalue weighted by atomic mass is 127. The summed E-state index contributed by atoms with van der Waals surface area (Å²) >= 11 is 17.9. The minimum absolute atomic E-state index is 0.127. The molecule has 4 rings (SSSR count). The van der Waals surface area contributed by atoms with Crippen LogP contribution in [-0.4, -0.2) is 9.55 Å². The highest BCUT2D eigenvalue weighted by Gasteiger charge is 2.12. The minimum Gasteiger partial charge on any atom is -0.268 e. The Balaban J connectivity index is 1.95. The van der Waals surface area contributed by atoms with E-state index < -0.39 is 0 Å². The number of fused-ring (bicyclic) bond motifs is 1. The van der Waals surface area contributed by atoms with Crippen LogP contribution in [0.15, 0.2) is 69.9 Å². The van der Waals surface area contributed by atoms with Gasteiger partial charge in [-0.15, -0.1) is 0 Å². The summed E-state index contributed by atoms with van der Waals surface area (Å²) in [6, 6.07) is 18.5. The quantitative estimate of drug-likeness (QED) is 0.234. The molecule has 0 N–H and O–H groups in total. The molecule has 0 saturated heterocycles. The molecule has 0 fully saturated rings. The van der Waals surface area contributed by atoms with Gasteiger partial charge in [-0.05, 0) is 94.9 Å². The summed E-state index contributed by atoms with van der Waals surface area (Å²) in [5, 5.41) is 1.67. The highest BCUT2D eigenvalue weighted by molar-refractivity contribution is 14.1. The van der Waals surface area contributed by atoms with Crippen molar-refractivity contribution in [2.75, 3.05) is 0 Å². The van der Waals surface area contributed by atoms with Crippen molar-refractivity contribution in [1.82, 2.24) is 9.55 Å². The summed E-state index contributed by atoms with van der Waals surface area (Å²) in [6.45, 7) is 0. The van der Waals surface area contributed by atoms with Crippen LogP contribution in [0.1, 0.15) is 11.4 Å². The summed E-state index contributed by atoms with van der Waals surface area (Å²) in [5.41, 5.74) is 2.03. The van der Waals surface area contributed by atoms with E-state index in [2.05, 4.69) is 38.5 Å². The lowest BCUT2D eigenvalue weighted by Gasteiger charge is -2.12. The Morgan fingerprint density at radius 1 is 0.966 bits per heavy atom. The molecule has 0 aliphatic carbocycles. The second-order valence-corrected chi connectivity index (χ2v) is 9.25. The number of benzene rings is 3. The molecule has 0 radical (unpaired) electrons. The molecule has 0 amide bonds. The van der Waals surface area contributed by atoms with E-state index in [-0.39, 0.29) is 5.56 Å². The topological polar surface area (TPSA) is 34.9 Å². The van der Waals surface area contributed by atoms with Gasteiger partial charge in [0.1, 0.15) is 5.82 Å². The molecule has 29 heavy (non-hydrogen) atoms. The van der Waals surface area contributed by atoms with Crippen molar-refractivity contribution in [1.29, 1.82) is 0 Å². The maximum absolute atomic E-state index is 13.3. The van der Waals surface area contributed by atoms with Crippen LogP contribution >= 0.6 is 61.7 Å². The van der Waals surface area contributed by atoms with E-state index in [0.29, 0.717) is 26.8 Å². The van der Waals surface area contributed by atoms with E-state index in [0.717, 1.165) is 19.3 Å². The van der Waals surface area contributed by atoms with E-state index in [4.69, 9.17) is 28.2 Å². The van der Waals surface area contributed by atoms with E-state index in [1.807, 2.05) is 54.6 Å². The molecule has 4 aromatic rings. The third kappa shape index (κ3) is 4.43. The van der Waals surface area contributed by atoms with Gasteiger partial charge in [-0.1, -0.05) is 45.2 Å². The fourth-order valence-electron chi connectivity index (χ4n) is 2.93. The van der Waals surface area contributed by atoms with Crippen molar-refractivity contribution < 1.29 is 0 Å². The van der Waals surface area contributed by atoms with E-state index in [1.54, 1.807) is 22.8 Å². The Hall–Kier alpha value is -1.67. The summed E-state index contributed by atoms with van der Waals surface area (Å²) in [4.78, 5) is 18.1. The van der Waals surface area contributed by atoms with Gasteiger partial charge >= 0.3 is 0 Å². The van der Waals surface area contributed by atoms with Gasteiger partial charge in [-0.25, -0.2) is 4.98 Å². The zero-order chi connectivity index (χ0) is 20.5. The van der Waals surface area contributed by atoms with Gasteiger partial charge in [-0.2, -0.15) is 0 Å². The predicted molar refractivity (Wildman–Crippen MR) is 133 cm³/mol. The maximum atomic E-state index is 13.3. The van der Waals surface area contributed by atoms with Crippen LogP contribution in [0.2, 0.25) is 10.0 Å². The van der Waals surface area contributed by atoms with Crippen LogP contribution in [0.25, 0.3) is 28.7 Å². The van der Waals surface area contributed by atoms with Gasteiger partial charge in [0.25, 0.3) is 5.56 Å². The first-order valence-corrected chi connectivity index (χ1v) is 11.2. The van der Waals surface area contributed by atoms with Crippen LogP contribution in [0.5, 0.6) is 0 Å². The standard InChI is InChI=1S/C22H12BrCl2IN2O/c23-14-3-7-17(8-4-14)28-21(10-2-13-1-5-15(24)11-19(13)25)27-20-9-6-16(26)12-18(20)22(28)29/h1-12H. The second-order valence-electron chi connectivity index (χ2n) is 6.25. The van der Waals surface area contributed by atoms with Crippen molar-refractivity contribution in [2.45, 2.75) is 0 Å². The molecule has 0 aliphatic rings. The average molecular weight is 598 g/mol. The Labute approximate surface area is 199 Å². The van der Waals surface area contributed by atoms with Crippen LogP contribution in [0.4, 0.5) is 0 Å². The fraction of sp³-hybridized carbons (Fsp3) is 0. The fourth-order valence-corrected chi connectivity index (χ4v) is 4.15. The third-order valence-electron chi connectivity index (χ3n) is 4.32. The first-order valence-electron chi connectivity index (χ1n) is 8.54. The Morgan fingerprint density at radius 3 is 2.45 bits per heavy atom. The van der Waals surface area contributed by atoms with E-state index >= 15 is 0 Å². The highest BCUT2D eigenvalue weighted by Crippen LogP contribution is 2.24. The van der Waals surface area contributed by atoms with E-state index in [9.17, 15) is 4.79 Å². The average Bonchev–Trinajstić information content (AvgIpc) is 2.69. The lowest BCUT2D eigenvalue weighted by molar-refractivity contribution is 0.943. The van der Waals surface area contributed by atoms with E-state index in [1.165, 1.54) is 0 Å². The van der Waals surface area contributed by atoms with Crippen molar-refractivity contribution in [3.63, 3.8) is 0 Å². The van der Waals surface area contributed by atoms with Gasteiger partial charge < -0.3 is 0 Å². The largest absolute Gasteiger partial charge is 0.268 e. The maximum Gasteiger partial charge on any atom is 0.266 e. The Morgan fingerprint density at radius 2 is 1.72 bits per heavy atom. The molecular formula is C22H12BrCl2IN2O. The van der Waals surface area contributed by atoms with Crippen molar-refractivity contribution >= 4 is 84.8 Å². The zero-order valence-electron chi connectivity index (χ0n) is 14.7. The van der Waals surface area contributed by atoms with Crippen molar-refractivity contribution in [3.8, 4) is 5.69 Å². The summed E-state index contributed by atoms with van der Waals surface area (Å²) in [5.74, 6) is 0.511. The predicted octanol–water partition coefficient (Wildman–Crippen LogP) is 7.23. The van der Waals surface area contributed by atoms with Crippen LogP contribution in [0.3, 0.4) is 0 Å².